The molecule has 0 aliphatic heterocycles. The van der Waals surface area contributed by atoms with Crippen LogP contribution in [0.25, 0.3) is 0 Å². The van der Waals surface area contributed by atoms with Gasteiger partial charge in [-0.15, -0.1) is 0 Å². The van der Waals surface area contributed by atoms with Gasteiger partial charge >= 0.3 is 32.7 Å². The molecule has 0 N–H and O–H groups in total. The van der Waals surface area contributed by atoms with Crippen molar-refractivity contribution in [2.75, 3.05) is 0 Å². The molecule has 0 heterocycles. The Kier molecular flexibility index (Phi) is 6.75. The molecule has 0 saturated heterocycles. The van der Waals surface area contributed by atoms with Crippen molar-refractivity contribution in [1.82, 2.24) is 0 Å². The normalized spacial score (nSPS) is 34.2. The molecule has 0 atom stereocenters. The van der Waals surface area contributed by atoms with E-state index >= 15 is 0 Å². The molecule has 1 heteroatoms. The number of hydrogen-bond acceptors (Lipinski definition) is 0. The van der Waals surface area contributed by atoms with E-state index in [0.29, 0.717) is 0 Å². The fourth-order valence-corrected chi connectivity index (χ4v) is 4.35. The summed E-state index contributed by atoms with van der Waals surface area (Å²) in [6.45, 7) is 2.43. The Morgan fingerprint density at radius 3 is 1.85 bits per heavy atom. The minimum Gasteiger partial charge on any atom is -0.184 e. The van der Waals surface area contributed by atoms with Gasteiger partial charge in [-0.25, -0.2) is 0 Å². The topological polar surface area (TPSA) is 0 Å². The molecular formula is C19H27Y+2. The maximum Gasteiger partial charge on any atom is 3.00 e. The SMILES string of the molecule is CC1CCC(C2CCC(c3cc[c-]cc3)CC2)CC1.[Y+3]. The van der Waals surface area contributed by atoms with Crippen LogP contribution in [-0.2, 0) is 32.7 Å². The third kappa shape index (κ3) is 4.17. The summed E-state index contributed by atoms with van der Waals surface area (Å²) in [6, 6.07) is 11.8. The van der Waals surface area contributed by atoms with Gasteiger partial charge in [-0.05, 0) is 62.2 Å². The molecule has 0 unspecified atom stereocenters. The van der Waals surface area contributed by atoms with Crippen LogP contribution >= 0.6 is 0 Å². The number of rotatable bonds is 2. The van der Waals surface area contributed by atoms with Crippen molar-refractivity contribution in [2.45, 2.75) is 64.2 Å². The van der Waals surface area contributed by atoms with E-state index in [0.717, 1.165) is 23.7 Å². The van der Waals surface area contributed by atoms with E-state index in [1.54, 1.807) is 5.56 Å². The van der Waals surface area contributed by atoms with Crippen LogP contribution in [-0.4, -0.2) is 0 Å². The Morgan fingerprint density at radius 1 is 0.800 bits per heavy atom. The van der Waals surface area contributed by atoms with Gasteiger partial charge in [0.25, 0.3) is 0 Å². The van der Waals surface area contributed by atoms with Crippen LogP contribution in [0.3, 0.4) is 0 Å². The van der Waals surface area contributed by atoms with Gasteiger partial charge in [-0.3, -0.25) is 0 Å². The minimum atomic E-state index is 0. The zero-order valence-electron chi connectivity index (χ0n) is 12.9. The van der Waals surface area contributed by atoms with Crippen molar-refractivity contribution in [3.8, 4) is 0 Å². The fourth-order valence-electron chi connectivity index (χ4n) is 4.35. The third-order valence-corrected chi connectivity index (χ3v) is 5.71. The zero-order chi connectivity index (χ0) is 13.1. The van der Waals surface area contributed by atoms with Gasteiger partial charge in [-0.2, -0.15) is 35.9 Å². The van der Waals surface area contributed by atoms with Crippen molar-refractivity contribution < 1.29 is 32.7 Å². The summed E-state index contributed by atoms with van der Waals surface area (Å²) in [5.41, 5.74) is 1.55. The predicted octanol–water partition coefficient (Wildman–Crippen LogP) is 5.58. The second-order valence-electron chi connectivity index (χ2n) is 6.96. The first-order chi connectivity index (χ1) is 9.33. The maximum absolute atomic E-state index is 3.14. The van der Waals surface area contributed by atoms with Gasteiger partial charge in [0.05, 0.1) is 0 Å². The van der Waals surface area contributed by atoms with Crippen LogP contribution in [0.2, 0.25) is 0 Å². The van der Waals surface area contributed by atoms with Crippen molar-refractivity contribution in [1.29, 1.82) is 0 Å². The quantitative estimate of drug-likeness (QED) is 0.614. The number of benzene rings is 1. The molecule has 3 rings (SSSR count). The maximum atomic E-state index is 3.14. The fraction of sp³-hybridized carbons (Fsp3) is 0.684. The molecule has 0 aromatic heterocycles. The molecule has 0 amide bonds. The molecule has 1 aromatic rings. The van der Waals surface area contributed by atoms with Crippen LogP contribution in [0.1, 0.15) is 69.8 Å². The van der Waals surface area contributed by atoms with Crippen LogP contribution in [0.15, 0.2) is 24.3 Å². The third-order valence-electron chi connectivity index (χ3n) is 5.71. The molecule has 2 fully saturated rings. The summed E-state index contributed by atoms with van der Waals surface area (Å²) in [4.78, 5) is 0. The molecule has 0 nitrogen and oxygen atoms in total. The second kappa shape index (κ2) is 8.09. The van der Waals surface area contributed by atoms with Crippen molar-refractivity contribution in [3.05, 3.63) is 35.9 Å². The van der Waals surface area contributed by atoms with E-state index < -0.39 is 0 Å². The standard InChI is InChI=1S/C19H27.Y/c1-15-7-9-17(10-8-15)19-13-11-18(12-14-19)16-5-3-2-4-6-16;/h3-6,15,17-19H,7-14H2,1H3;/q-1;+3. The average Bonchev–Trinajstić information content (AvgIpc) is 2.49. The first-order valence-corrected chi connectivity index (χ1v) is 8.29. The van der Waals surface area contributed by atoms with Crippen LogP contribution in [0.4, 0.5) is 0 Å². The van der Waals surface area contributed by atoms with Crippen LogP contribution in [0.5, 0.6) is 0 Å². The minimum absolute atomic E-state index is 0. The smallest absolute Gasteiger partial charge is 0.184 e. The zero-order valence-corrected chi connectivity index (χ0v) is 15.7. The van der Waals surface area contributed by atoms with Crippen molar-refractivity contribution in [3.63, 3.8) is 0 Å². The van der Waals surface area contributed by atoms with E-state index in [-0.39, 0.29) is 32.7 Å². The van der Waals surface area contributed by atoms with Crippen molar-refractivity contribution in [2.24, 2.45) is 17.8 Å². The van der Waals surface area contributed by atoms with Crippen LogP contribution in [0, 0.1) is 23.8 Å². The monoisotopic (exact) mass is 344 g/mol. The summed E-state index contributed by atoms with van der Waals surface area (Å²) in [5.74, 6) is 3.92. The van der Waals surface area contributed by atoms with E-state index in [4.69, 9.17) is 0 Å². The Morgan fingerprint density at radius 2 is 1.30 bits per heavy atom. The van der Waals surface area contributed by atoms with Gasteiger partial charge < -0.3 is 0 Å². The van der Waals surface area contributed by atoms with E-state index in [2.05, 4.69) is 37.3 Å². The first kappa shape index (κ1) is 16.7. The summed E-state index contributed by atoms with van der Waals surface area (Å²) in [6.07, 6.45) is 11.8. The average molecular weight is 344 g/mol. The molecule has 0 radical (unpaired) electrons. The second-order valence-corrected chi connectivity index (χ2v) is 6.96. The Labute approximate surface area is 150 Å². The van der Waals surface area contributed by atoms with Gasteiger partial charge in [-0.1, -0.05) is 19.8 Å². The summed E-state index contributed by atoms with van der Waals surface area (Å²) < 4.78 is 0. The Bertz CT molecular complexity index is 370. The molecule has 1 aromatic carbocycles. The first-order valence-electron chi connectivity index (χ1n) is 8.29. The molecule has 0 spiro atoms. The Balaban J connectivity index is 0.00000147. The number of hydrogen-bond donors (Lipinski definition) is 0. The molecule has 104 valence electrons. The molecule has 2 aliphatic carbocycles. The molecule has 20 heavy (non-hydrogen) atoms. The molecule has 0 bridgehead atoms. The Hall–Kier alpha value is 0.324. The van der Waals surface area contributed by atoms with Crippen molar-refractivity contribution >= 4 is 0 Å². The van der Waals surface area contributed by atoms with E-state index in [1.807, 2.05) is 0 Å². The van der Waals surface area contributed by atoms with Gasteiger partial charge in [0.15, 0.2) is 0 Å². The van der Waals surface area contributed by atoms with Gasteiger partial charge in [0.1, 0.15) is 0 Å². The van der Waals surface area contributed by atoms with Gasteiger partial charge in [0, 0.05) is 0 Å². The summed E-state index contributed by atoms with van der Waals surface area (Å²) >= 11 is 0. The summed E-state index contributed by atoms with van der Waals surface area (Å²) in [5, 5.41) is 0. The van der Waals surface area contributed by atoms with E-state index in [1.165, 1.54) is 51.4 Å². The molecule has 2 saturated carbocycles. The molecule has 2 aliphatic rings. The van der Waals surface area contributed by atoms with Crippen LogP contribution < -0.4 is 0 Å². The van der Waals surface area contributed by atoms with E-state index in [9.17, 15) is 0 Å². The van der Waals surface area contributed by atoms with Gasteiger partial charge in [0.2, 0.25) is 0 Å². The summed E-state index contributed by atoms with van der Waals surface area (Å²) in [7, 11) is 0. The predicted molar refractivity (Wildman–Crippen MR) is 81.1 cm³/mol. The largest absolute Gasteiger partial charge is 3.00 e. The molecular weight excluding hydrogens is 317 g/mol.